The van der Waals surface area contributed by atoms with Gasteiger partial charge in [0.25, 0.3) is 0 Å². The van der Waals surface area contributed by atoms with Crippen molar-refractivity contribution in [1.82, 2.24) is 4.90 Å². The Kier molecular flexibility index (Phi) is 5.46. The van der Waals surface area contributed by atoms with Crippen LogP contribution in [0.25, 0.3) is 0 Å². The van der Waals surface area contributed by atoms with Crippen LogP contribution in [0.3, 0.4) is 0 Å². The van der Waals surface area contributed by atoms with Crippen molar-refractivity contribution in [3.05, 3.63) is 35.1 Å². The summed E-state index contributed by atoms with van der Waals surface area (Å²) >= 11 is 4.91. The lowest BCUT2D eigenvalue weighted by atomic mass is 9.99. The molecule has 1 aromatic carbocycles. The fraction of sp³-hybridized carbons (Fsp3) is 0.533. The number of halogens is 1. The molecule has 1 fully saturated rings. The second-order valence-electron chi connectivity index (χ2n) is 5.46. The van der Waals surface area contributed by atoms with Gasteiger partial charge in [-0.1, -0.05) is 12.2 Å². The average molecular weight is 296 g/mol. The minimum absolute atomic E-state index is 0.234. The zero-order valence-corrected chi connectivity index (χ0v) is 12.6. The van der Waals surface area contributed by atoms with Crippen molar-refractivity contribution in [2.75, 3.05) is 26.8 Å². The fourth-order valence-electron chi connectivity index (χ4n) is 2.63. The maximum Gasteiger partial charge on any atom is 0.124 e. The second kappa shape index (κ2) is 7.11. The Labute approximate surface area is 124 Å². The van der Waals surface area contributed by atoms with Gasteiger partial charge in [-0.25, -0.2) is 4.39 Å². The van der Waals surface area contributed by atoms with Crippen molar-refractivity contribution in [1.29, 1.82) is 0 Å². The first-order valence-electron chi connectivity index (χ1n) is 6.90. The number of benzene rings is 1. The molecule has 0 aliphatic carbocycles. The Morgan fingerprint density at radius 1 is 1.40 bits per heavy atom. The van der Waals surface area contributed by atoms with E-state index >= 15 is 0 Å². The van der Waals surface area contributed by atoms with Crippen LogP contribution in [0.2, 0.25) is 0 Å². The Morgan fingerprint density at radius 3 is 2.75 bits per heavy atom. The van der Waals surface area contributed by atoms with E-state index < -0.39 is 0 Å². The Balaban J connectivity index is 1.96. The van der Waals surface area contributed by atoms with Crippen LogP contribution < -0.4 is 5.73 Å². The standard InChI is InChI=1S/C15H21FN2OS/c1-18(9-11-2-4-19-5-3-11)10-12-6-13(15(17)20)8-14(16)7-12/h6-8,11H,2-5,9-10H2,1H3,(H2,17,20). The highest BCUT2D eigenvalue weighted by atomic mass is 32.1. The SMILES string of the molecule is CN(Cc1cc(F)cc(C(N)=S)c1)CC1CCOCC1. The number of nitrogens with zero attached hydrogens (tertiary/aromatic N) is 1. The molecule has 0 amide bonds. The summed E-state index contributed by atoms with van der Waals surface area (Å²) in [5, 5.41) is 0. The molecule has 1 aliphatic rings. The molecule has 5 heteroatoms. The monoisotopic (exact) mass is 296 g/mol. The molecule has 0 atom stereocenters. The fourth-order valence-corrected chi connectivity index (χ4v) is 2.75. The van der Waals surface area contributed by atoms with Crippen LogP contribution in [0.15, 0.2) is 18.2 Å². The molecule has 2 N–H and O–H groups in total. The molecule has 110 valence electrons. The van der Waals surface area contributed by atoms with Crippen molar-refractivity contribution >= 4 is 17.2 Å². The van der Waals surface area contributed by atoms with Gasteiger partial charge in [-0.05, 0) is 49.6 Å². The number of thiocarbonyl (C=S) groups is 1. The van der Waals surface area contributed by atoms with Gasteiger partial charge in [-0.15, -0.1) is 0 Å². The predicted octanol–water partition coefficient (Wildman–Crippen LogP) is 2.32. The normalized spacial score (nSPS) is 16.6. The van der Waals surface area contributed by atoms with Crippen LogP contribution in [-0.2, 0) is 11.3 Å². The van der Waals surface area contributed by atoms with Crippen LogP contribution >= 0.6 is 12.2 Å². The molecule has 1 aliphatic heterocycles. The highest BCUT2D eigenvalue weighted by Crippen LogP contribution is 2.17. The molecule has 0 aromatic heterocycles. The van der Waals surface area contributed by atoms with Gasteiger partial charge >= 0.3 is 0 Å². The van der Waals surface area contributed by atoms with Crippen LogP contribution in [0, 0.1) is 11.7 Å². The Morgan fingerprint density at radius 2 is 2.10 bits per heavy atom. The van der Waals surface area contributed by atoms with Crippen molar-refractivity contribution in [3.63, 3.8) is 0 Å². The Hall–Kier alpha value is -1.04. The van der Waals surface area contributed by atoms with Crippen LogP contribution in [0.5, 0.6) is 0 Å². The highest BCUT2D eigenvalue weighted by Gasteiger charge is 2.16. The van der Waals surface area contributed by atoms with Gasteiger partial charge in [0.2, 0.25) is 0 Å². The largest absolute Gasteiger partial charge is 0.389 e. The van der Waals surface area contributed by atoms with Crippen molar-refractivity contribution < 1.29 is 9.13 Å². The van der Waals surface area contributed by atoms with E-state index in [2.05, 4.69) is 11.9 Å². The summed E-state index contributed by atoms with van der Waals surface area (Å²) in [4.78, 5) is 2.45. The molecular weight excluding hydrogens is 275 g/mol. The molecule has 0 spiro atoms. The van der Waals surface area contributed by atoms with Crippen LogP contribution in [0.1, 0.15) is 24.0 Å². The van der Waals surface area contributed by atoms with Gasteiger partial charge < -0.3 is 15.4 Å². The van der Waals surface area contributed by atoms with E-state index in [1.54, 1.807) is 6.07 Å². The quantitative estimate of drug-likeness (QED) is 0.846. The summed E-state index contributed by atoms with van der Waals surface area (Å²) in [5.41, 5.74) is 7.07. The van der Waals surface area contributed by atoms with E-state index in [1.165, 1.54) is 6.07 Å². The third-order valence-electron chi connectivity index (χ3n) is 3.61. The van der Waals surface area contributed by atoms with Gasteiger partial charge in [-0.3, -0.25) is 0 Å². The molecule has 0 radical (unpaired) electrons. The molecule has 0 unspecified atom stereocenters. The number of hydrogen-bond donors (Lipinski definition) is 1. The van der Waals surface area contributed by atoms with E-state index in [0.717, 1.165) is 38.2 Å². The first-order chi connectivity index (χ1) is 9.54. The zero-order chi connectivity index (χ0) is 14.5. The van der Waals surface area contributed by atoms with Crippen molar-refractivity contribution in [2.24, 2.45) is 11.7 Å². The lowest BCUT2D eigenvalue weighted by Gasteiger charge is -2.27. The third kappa shape index (κ3) is 4.51. The summed E-state index contributed by atoms with van der Waals surface area (Å²) < 4.78 is 18.9. The summed E-state index contributed by atoms with van der Waals surface area (Å²) in [6.45, 7) is 3.40. The molecule has 1 saturated heterocycles. The first kappa shape index (κ1) is 15.4. The van der Waals surface area contributed by atoms with Crippen LogP contribution in [0.4, 0.5) is 4.39 Å². The molecule has 20 heavy (non-hydrogen) atoms. The van der Waals surface area contributed by atoms with Gasteiger partial charge in [0.15, 0.2) is 0 Å². The topological polar surface area (TPSA) is 38.5 Å². The molecule has 0 saturated carbocycles. The summed E-state index contributed by atoms with van der Waals surface area (Å²) in [7, 11) is 2.06. The van der Waals surface area contributed by atoms with E-state index in [-0.39, 0.29) is 10.8 Å². The van der Waals surface area contributed by atoms with Gasteiger partial charge in [0.05, 0.1) is 0 Å². The minimum Gasteiger partial charge on any atom is -0.389 e. The number of rotatable bonds is 5. The lowest BCUT2D eigenvalue weighted by Crippen LogP contribution is -2.29. The Bertz CT molecular complexity index is 475. The zero-order valence-electron chi connectivity index (χ0n) is 11.8. The number of ether oxygens (including phenoxy) is 1. The van der Waals surface area contributed by atoms with Gasteiger partial charge in [-0.2, -0.15) is 0 Å². The average Bonchev–Trinajstić information content (AvgIpc) is 2.38. The minimum atomic E-state index is -0.287. The summed E-state index contributed by atoms with van der Waals surface area (Å²) in [6.07, 6.45) is 2.21. The van der Waals surface area contributed by atoms with E-state index in [9.17, 15) is 4.39 Å². The maximum atomic E-state index is 13.5. The third-order valence-corrected chi connectivity index (χ3v) is 3.84. The van der Waals surface area contributed by atoms with Crippen LogP contribution in [-0.4, -0.2) is 36.7 Å². The van der Waals surface area contributed by atoms with Gasteiger partial charge in [0, 0.05) is 31.9 Å². The molecule has 0 bridgehead atoms. The highest BCUT2D eigenvalue weighted by molar-refractivity contribution is 7.80. The molecule has 2 rings (SSSR count). The first-order valence-corrected chi connectivity index (χ1v) is 7.31. The lowest BCUT2D eigenvalue weighted by molar-refractivity contribution is 0.0549. The van der Waals surface area contributed by atoms with Crippen molar-refractivity contribution in [2.45, 2.75) is 19.4 Å². The second-order valence-corrected chi connectivity index (χ2v) is 5.90. The predicted molar refractivity (Wildman–Crippen MR) is 82.2 cm³/mol. The molecule has 3 nitrogen and oxygen atoms in total. The smallest absolute Gasteiger partial charge is 0.124 e. The van der Waals surface area contributed by atoms with Gasteiger partial charge in [0.1, 0.15) is 10.8 Å². The van der Waals surface area contributed by atoms with E-state index in [1.807, 2.05) is 6.07 Å². The maximum absolute atomic E-state index is 13.5. The summed E-state index contributed by atoms with van der Waals surface area (Å²) in [5.74, 6) is 0.377. The van der Waals surface area contributed by atoms with Crippen molar-refractivity contribution in [3.8, 4) is 0 Å². The molecule has 1 aromatic rings. The van der Waals surface area contributed by atoms with E-state index in [0.29, 0.717) is 18.0 Å². The molecule has 1 heterocycles. The summed E-state index contributed by atoms with van der Waals surface area (Å²) in [6, 6.07) is 4.79. The number of hydrogen-bond acceptors (Lipinski definition) is 3. The number of nitrogens with two attached hydrogens (primary N) is 1. The molecular formula is C15H21FN2OS. The van der Waals surface area contributed by atoms with E-state index in [4.69, 9.17) is 22.7 Å².